The van der Waals surface area contributed by atoms with E-state index in [4.69, 9.17) is 0 Å². The highest BCUT2D eigenvalue weighted by atomic mass is 31.2. The molecule has 0 atom stereocenters. The Labute approximate surface area is 97.8 Å². The van der Waals surface area contributed by atoms with Crippen LogP contribution in [0.5, 0.6) is 0 Å². The van der Waals surface area contributed by atoms with Crippen molar-refractivity contribution in [2.24, 2.45) is 0 Å². The van der Waals surface area contributed by atoms with Gasteiger partial charge in [0.1, 0.15) is 6.61 Å². The molecule has 0 radical (unpaired) electrons. The van der Waals surface area contributed by atoms with E-state index in [1.165, 1.54) is 0 Å². The van der Waals surface area contributed by atoms with Gasteiger partial charge >= 0.3 is 20.0 Å². The van der Waals surface area contributed by atoms with Crippen LogP contribution < -0.4 is 0 Å². The van der Waals surface area contributed by atoms with E-state index in [9.17, 15) is 30.9 Å². The van der Waals surface area contributed by atoms with E-state index in [1.54, 1.807) is 5.92 Å². The number of phosphoric acid groups is 1. The molecular weight excluding hydrogens is 293 g/mol. The fourth-order valence-corrected chi connectivity index (χ4v) is 1.69. The molecule has 0 aliphatic carbocycles. The molecule has 0 aromatic rings. The van der Waals surface area contributed by atoms with Crippen LogP contribution in [-0.2, 0) is 18.1 Å². The first kappa shape index (κ1) is 17.2. The lowest BCUT2D eigenvalue weighted by Crippen LogP contribution is -2.28. The number of hydrogen-bond acceptors (Lipinski definition) is 4. The van der Waals surface area contributed by atoms with Crippen LogP contribution in [0.25, 0.3) is 0 Å². The molecular formula is C7H7F6O4P. The molecule has 0 aliphatic rings. The minimum Gasteiger partial charge on any atom is -0.274 e. The molecule has 0 saturated heterocycles. The second-order valence-electron chi connectivity index (χ2n) is 2.65. The maximum atomic E-state index is 12.4. The molecule has 18 heavy (non-hydrogen) atoms. The number of terminal acetylenes is 1. The minimum absolute atomic E-state index is 1.01. The van der Waals surface area contributed by atoms with Crippen molar-refractivity contribution in [2.75, 3.05) is 20.0 Å². The van der Waals surface area contributed by atoms with Crippen LogP contribution in [0.1, 0.15) is 0 Å². The third-order valence-corrected chi connectivity index (χ3v) is 2.53. The normalized spacial score (nSPS) is 13.4. The van der Waals surface area contributed by atoms with E-state index in [1.807, 2.05) is 0 Å². The third kappa shape index (κ3) is 6.26. The molecule has 0 aromatic heterocycles. The summed E-state index contributed by atoms with van der Waals surface area (Å²) in [6.07, 6.45) is -4.83. The summed E-state index contributed by atoms with van der Waals surface area (Å²) in [5.41, 5.74) is 0. The van der Waals surface area contributed by atoms with Crippen molar-refractivity contribution in [3.63, 3.8) is 0 Å². The van der Waals surface area contributed by atoms with E-state index in [-0.39, 0.29) is 0 Å². The Morgan fingerprint density at radius 3 is 1.72 bits per heavy atom. The summed E-state index contributed by atoms with van der Waals surface area (Å²) < 4.78 is 94.6. The Morgan fingerprint density at radius 2 is 1.44 bits per heavy atom. The van der Waals surface area contributed by atoms with Crippen molar-refractivity contribution in [3.05, 3.63) is 0 Å². The Balaban J connectivity index is 4.96. The average molecular weight is 300 g/mol. The van der Waals surface area contributed by atoms with Crippen molar-refractivity contribution < 1.29 is 44.5 Å². The van der Waals surface area contributed by atoms with E-state index in [0.717, 1.165) is 0 Å². The standard InChI is InChI=1S/C7H7F6O4P/c1-2-3-15-18(14,16-6(10,11)4-8)17-7(12,13)5-9/h1H,3-5H2. The van der Waals surface area contributed by atoms with Crippen molar-refractivity contribution in [3.8, 4) is 12.3 Å². The van der Waals surface area contributed by atoms with E-state index < -0.39 is 40.0 Å². The summed E-state index contributed by atoms with van der Waals surface area (Å²) in [5.74, 6) is 1.60. The number of hydrogen-bond donors (Lipinski definition) is 0. The van der Waals surface area contributed by atoms with Crippen molar-refractivity contribution in [2.45, 2.75) is 12.2 Å². The predicted octanol–water partition coefficient (Wildman–Crippen LogP) is 2.90. The fourth-order valence-electron chi connectivity index (χ4n) is 0.564. The zero-order valence-corrected chi connectivity index (χ0v) is 9.44. The average Bonchev–Trinajstić information content (AvgIpc) is 2.25. The van der Waals surface area contributed by atoms with Crippen LogP contribution in [0.4, 0.5) is 26.3 Å². The van der Waals surface area contributed by atoms with Gasteiger partial charge in [-0.1, -0.05) is 5.92 Å². The molecule has 0 aliphatic heterocycles. The van der Waals surface area contributed by atoms with Gasteiger partial charge in [0.05, 0.1) is 0 Å². The van der Waals surface area contributed by atoms with Crippen LogP contribution in [-0.4, -0.2) is 32.2 Å². The van der Waals surface area contributed by atoms with E-state index in [0.29, 0.717) is 0 Å². The topological polar surface area (TPSA) is 44.8 Å². The number of phosphoric ester groups is 1. The molecule has 4 nitrogen and oxygen atoms in total. The van der Waals surface area contributed by atoms with Gasteiger partial charge in [-0.3, -0.25) is 4.52 Å². The van der Waals surface area contributed by atoms with Crippen LogP contribution in [0.15, 0.2) is 0 Å². The lowest BCUT2D eigenvalue weighted by atomic mass is 10.7. The Kier molecular flexibility index (Phi) is 6.16. The Bertz CT molecular complexity index is 332. The first-order valence-electron chi connectivity index (χ1n) is 4.07. The van der Waals surface area contributed by atoms with Gasteiger partial charge in [0, 0.05) is 0 Å². The van der Waals surface area contributed by atoms with E-state index in [2.05, 4.69) is 20.0 Å². The molecule has 0 unspecified atom stereocenters. The van der Waals surface area contributed by atoms with Gasteiger partial charge in [-0.2, -0.15) is 17.6 Å². The van der Waals surface area contributed by atoms with Crippen molar-refractivity contribution in [1.29, 1.82) is 0 Å². The van der Waals surface area contributed by atoms with Gasteiger partial charge in [-0.15, -0.1) is 6.42 Å². The van der Waals surface area contributed by atoms with Gasteiger partial charge < -0.3 is 0 Å². The summed E-state index contributed by atoms with van der Waals surface area (Å²) >= 11 is 0. The second-order valence-corrected chi connectivity index (χ2v) is 4.17. The maximum Gasteiger partial charge on any atom is 0.485 e. The molecule has 0 fully saturated rings. The number of halogens is 6. The highest BCUT2D eigenvalue weighted by molar-refractivity contribution is 7.48. The summed E-state index contributed by atoms with van der Waals surface area (Å²) in [7, 11) is -5.63. The Hall–Kier alpha value is -0.750. The summed E-state index contributed by atoms with van der Waals surface area (Å²) in [6.45, 7) is -5.98. The molecule has 0 amide bonds. The van der Waals surface area contributed by atoms with Crippen molar-refractivity contribution >= 4 is 7.82 Å². The summed E-state index contributed by atoms with van der Waals surface area (Å²) in [4.78, 5) is 0. The van der Waals surface area contributed by atoms with Gasteiger partial charge in [-0.25, -0.2) is 22.4 Å². The summed E-state index contributed by atoms with van der Waals surface area (Å²) in [6, 6.07) is 0. The first-order valence-corrected chi connectivity index (χ1v) is 5.53. The molecule has 0 heterocycles. The Morgan fingerprint density at radius 1 is 1.06 bits per heavy atom. The van der Waals surface area contributed by atoms with Crippen LogP contribution in [0.3, 0.4) is 0 Å². The molecule has 0 bridgehead atoms. The quantitative estimate of drug-likeness (QED) is 0.393. The molecule has 0 N–H and O–H groups in total. The van der Waals surface area contributed by atoms with Gasteiger partial charge in [0.25, 0.3) is 0 Å². The SMILES string of the molecule is C#CCOP(=O)(OC(F)(F)CF)OC(F)(F)CF. The van der Waals surface area contributed by atoms with Gasteiger partial charge in [0.15, 0.2) is 13.3 Å². The highest BCUT2D eigenvalue weighted by Gasteiger charge is 2.49. The summed E-state index contributed by atoms with van der Waals surface area (Å²) in [5, 5.41) is 0. The minimum atomic E-state index is -5.63. The van der Waals surface area contributed by atoms with Crippen LogP contribution in [0.2, 0.25) is 0 Å². The van der Waals surface area contributed by atoms with Crippen molar-refractivity contribution in [1.82, 2.24) is 0 Å². The number of rotatable bonds is 8. The largest absolute Gasteiger partial charge is 0.485 e. The molecule has 0 saturated carbocycles. The lowest BCUT2D eigenvalue weighted by molar-refractivity contribution is -0.235. The predicted molar refractivity (Wildman–Crippen MR) is 46.4 cm³/mol. The first-order chi connectivity index (χ1) is 8.10. The highest BCUT2D eigenvalue weighted by Crippen LogP contribution is 2.56. The van der Waals surface area contributed by atoms with Crippen LogP contribution in [0, 0.1) is 12.3 Å². The zero-order valence-electron chi connectivity index (χ0n) is 8.55. The number of alkyl halides is 6. The molecule has 0 aromatic carbocycles. The maximum absolute atomic E-state index is 12.4. The third-order valence-electron chi connectivity index (χ3n) is 1.11. The molecule has 11 heteroatoms. The fraction of sp³-hybridized carbons (Fsp3) is 0.714. The van der Waals surface area contributed by atoms with Gasteiger partial charge in [-0.05, 0) is 0 Å². The monoisotopic (exact) mass is 300 g/mol. The molecule has 0 rings (SSSR count). The van der Waals surface area contributed by atoms with Crippen LogP contribution >= 0.6 is 7.82 Å². The smallest absolute Gasteiger partial charge is 0.274 e. The molecule has 0 spiro atoms. The zero-order chi connectivity index (χ0) is 14.4. The molecule has 106 valence electrons. The second kappa shape index (κ2) is 6.43. The lowest BCUT2D eigenvalue weighted by Gasteiger charge is -2.23. The van der Waals surface area contributed by atoms with E-state index >= 15 is 0 Å². The van der Waals surface area contributed by atoms with Gasteiger partial charge in [0.2, 0.25) is 0 Å².